The van der Waals surface area contributed by atoms with Crippen LogP contribution in [0, 0.1) is 13.8 Å². The van der Waals surface area contributed by atoms with Crippen LogP contribution in [0.25, 0.3) is 10.9 Å². The van der Waals surface area contributed by atoms with Crippen molar-refractivity contribution in [2.75, 3.05) is 6.54 Å². The number of aryl methyl sites for hydroxylation is 3. The van der Waals surface area contributed by atoms with Gasteiger partial charge < -0.3 is 5.73 Å². The van der Waals surface area contributed by atoms with Crippen LogP contribution in [0.5, 0.6) is 0 Å². The van der Waals surface area contributed by atoms with Gasteiger partial charge in [0.15, 0.2) is 0 Å². The predicted molar refractivity (Wildman–Crippen MR) is 73.2 cm³/mol. The fourth-order valence-corrected chi connectivity index (χ4v) is 2.21. The minimum absolute atomic E-state index is 0.785. The predicted octanol–water partition coefficient (Wildman–Crippen LogP) is 3.13. The number of fused-ring (bicyclic) bond motifs is 1. The van der Waals surface area contributed by atoms with E-state index in [1.807, 2.05) is 6.92 Å². The van der Waals surface area contributed by atoms with Gasteiger partial charge in [0, 0.05) is 11.1 Å². The van der Waals surface area contributed by atoms with Gasteiger partial charge in [0.2, 0.25) is 0 Å². The molecule has 0 fully saturated rings. The Bertz CT molecular complexity index is 518. The van der Waals surface area contributed by atoms with Gasteiger partial charge in [0.1, 0.15) is 0 Å². The second-order valence-corrected chi connectivity index (χ2v) is 4.68. The molecule has 0 aliphatic heterocycles. The highest BCUT2D eigenvalue weighted by Crippen LogP contribution is 2.20. The van der Waals surface area contributed by atoms with Crippen LogP contribution in [0.2, 0.25) is 0 Å². The summed E-state index contributed by atoms with van der Waals surface area (Å²) in [5.41, 5.74) is 10.4. The Kier molecular flexibility index (Phi) is 3.75. The van der Waals surface area contributed by atoms with Crippen molar-refractivity contribution in [3.05, 3.63) is 41.1 Å². The largest absolute Gasteiger partial charge is 0.330 e. The molecular formula is C15H20N2. The summed E-state index contributed by atoms with van der Waals surface area (Å²) < 4.78 is 0. The van der Waals surface area contributed by atoms with E-state index in [-0.39, 0.29) is 0 Å². The summed E-state index contributed by atoms with van der Waals surface area (Å²) in [6.07, 6.45) is 3.38. The highest BCUT2D eigenvalue weighted by atomic mass is 14.7. The number of hydrogen-bond acceptors (Lipinski definition) is 2. The van der Waals surface area contributed by atoms with Crippen LogP contribution in [0.1, 0.15) is 29.7 Å². The fraction of sp³-hybridized carbons (Fsp3) is 0.400. The van der Waals surface area contributed by atoms with Crippen LogP contribution >= 0.6 is 0 Å². The number of rotatable bonds is 4. The number of aromatic nitrogens is 1. The molecule has 0 atom stereocenters. The lowest BCUT2D eigenvalue weighted by atomic mass is 10.0. The van der Waals surface area contributed by atoms with Crippen LogP contribution in [0.3, 0.4) is 0 Å². The number of hydrogen-bond donors (Lipinski definition) is 1. The van der Waals surface area contributed by atoms with Crippen molar-refractivity contribution in [2.45, 2.75) is 33.1 Å². The molecule has 2 heteroatoms. The van der Waals surface area contributed by atoms with Crippen LogP contribution < -0.4 is 5.73 Å². The minimum Gasteiger partial charge on any atom is -0.330 e. The SMILES string of the molecule is Cc1ccc2cc(CCCCN)cc(C)c2n1. The number of nitrogens with zero attached hydrogens (tertiary/aromatic N) is 1. The van der Waals surface area contributed by atoms with Gasteiger partial charge in [0.05, 0.1) is 5.52 Å². The van der Waals surface area contributed by atoms with Crippen LogP contribution in [0.4, 0.5) is 0 Å². The van der Waals surface area contributed by atoms with Gasteiger partial charge >= 0.3 is 0 Å². The van der Waals surface area contributed by atoms with Crippen LogP contribution in [-0.4, -0.2) is 11.5 Å². The molecule has 1 heterocycles. The standard InChI is InChI=1S/C15H20N2/c1-11-9-13(5-3-4-8-16)10-14-7-6-12(2)17-15(11)14/h6-7,9-10H,3-5,8,16H2,1-2H3. The van der Waals surface area contributed by atoms with Crippen molar-refractivity contribution in [3.8, 4) is 0 Å². The van der Waals surface area contributed by atoms with E-state index in [1.54, 1.807) is 0 Å². The van der Waals surface area contributed by atoms with Gasteiger partial charge in [-0.1, -0.05) is 12.1 Å². The topological polar surface area (TPSA) is 38.9 Å². The summed E-state index contributed by atoms with van der Waals surface area (Å²) in [4.78, 5) is 4.59. The van der Waals surface area contributed by atoms with E-state index in [0.29, 0.717) is 0 Å². The number of nitrogens with two attached hydrogens (primary N) is 1. The first kappa shape index (κ1) is 12.1. The molecule has 0 bridgehead atoms. The summed E-state index contributed by atoms with van der Waals surface area (Å²) in [6, 6.07) is 8.75. The lowest BCUT2D eigenvalue weighted by Crippen LogP contribution is -1.99. The van der Waals surface area contributed by atoms with Gasteiger partial charge in [-0.05, 0) is 62.9 Å². The first-order chi connectivity index (χ1) is 8.20. The molecule has 2 aromatic rings. The van der Waals surface area contributed by atoms with Gasteiger partial charge in [-0.25, -0.2) is 0 Å². The average molecular weight is 228 g/mol. The van der Waals surface area contributed by atoms with Crippen molar-refractivity contribution in [2.24, 2.45) is 5.73 Å². The maximum atomic E-state index is 5.52. The van der Waals surface area contributed by atoms with E-state index in [2.05, 4.69) is 36.2 Å². The monoisotopic (exact) mass is 228 g/mol. The maximum absolute atomic E-state index is 5.52. The molecule has 17 heavy (non-hydrogen) atoms. The van der Waals surface area contributed by atoms with Crippen molar-refractivity contribution in [1.29, 1.82) is 0 Å². The Morgan fingerprint density at radius 3 is 2.71 bits per heavy atom. The first-order valence-electron chi connectivity index (χ1n) is 6.27. The molecule has 2 rings (SSSR count). The third-order valence-corrected chi connectivity index (χ3v) is 3.10. The van der Waals surface area contributed by atoms with E-state index in [0.717, 1.165) is 30.6 Å². The van der Waals surface area contributed by atoms with E-state index in [4.69, 9.17) is 5.73 Å². The highest BCUT2D eigenvalue weighted by molar-refractivity contribution is 5.82. The summed E-state index contributed by atoms with van der Waals surface area (Å²) in [5, 5.41) is 1.25. The molecule has 0 spiro atoms. The number of benzene rings is 1. The second kappa shape index (κ2) is 5.28. The van der Waals surface area contributed by atoms with E-state index >= 15 is 0 Å². The van der Waals surface area contributed by atoms with Crippen molar-refractivity contribution >= 4 is 10.9 Å². The molecule has 0 saturated heterocycles. The molecule has 90 valence electrons. The Morgan fingerprint density at radius 2 is 1.94 bits per heavy atom. The molecule has 0 amide bonds. The molecule has 1 aromatic carbocycles. The third-order valence-electron chi connectivity index (χ3n) is 3.10. The summed E-state index contributed by atoms with van der Waals surface area (Å²) >= 11 is 0. The van der Waals surface area contributed by atoms with E-state index < -0.39 is 0 Å². The molecule has 0 radical (unpaired) electrons. The third kappa shape index (κ3) is 2.83. The van der Waals surface area contributed by atoms with Gasteiger partial charge in [-0.15, -0.1) is 0 Å². The Hall–Kier alpha value is -1.41. The lowest BCUT2D eigenvalue weighted by molar-refractivity contribution is 0.745. The van der Waals surface area contributed by atoms with Gasteiger partial charge in [-0.3, -0.25) is 4.98 Å². The quantitative estimate of drug-likeness (QED) is 0.816. The van der Waals surface area contributed by atoms with Gasteiger partial charge in [-0.2, -0.15) is 0 Å². The first-order valence-corrected chi connectivity index (χ1v) is 6.27. The molecule has 1 aromatic heterocycles. The Labute approximate surface area is 103 Å². The zero-order valence-electron chi connectivity index (χ0n) is 10.7. The molecule has 0 unspecified atom stereocenters. The normalized spacial score (nSPS) is 11.0. The number of pyridine rings is 1. The minimum atomic E-state index is 0.785. The van der Waals surface area contributed by atoms with Crippen LogP contribution in [-0.2, 0) is 6.42 Å². The average Bonchev–Trinajstić information content (AvgIpc) is 2.31. The van der Waals surface area contributed by atoms with Gasteiger partial charge in [0.25, 0.3) is 0 Å². The maximum Gasteiger partial charge on any atom is 0.0734 e. The molecular weight excluding hydrogens is 208 g/mol. The van der Waals surface area contributed by atoms with Crippen molar-refractivity contribution in [3.63, 3.8) is 0 Å². The molecule has 0 aliphatic carbocycles. The smallest absolute Gasteiger partial charge is 0.0734 e. The second-order valence-electron chi connectivity index (χ2n) is 4.68. The molecule has 2 nitrogen and oxygen atoms in total. The highest BCUT2D eigenvalue weighted by Gasteiger charge is 2.02. The Balaban J connectivity index is 2.32. The lowest BCUT2D eigenvalue weighted by Gasteiger charge is -2.07. The fourth-order valence-electron chi connectivity index (χ4n) is 2.21. The summed E-state index contributed by atoms with van der Waals surface area (Å²) in [6.45, 7) is 4.96. The Morgan fingerprint density at radius 1 is 1.12 bits per heavy atom. The van der Waals surface area contributed by atoms with E-state index in [9.17, 15) is 0 Å². The van der Waals surface area contributed by atoms with Crippen molar-refractivity contribution < 1.29 is 0 Å². The molecule has 2 N–H and O–H groups in total. The molecule has 0 aliphatic rings. The van der Waals surface area contributed by atoms with E-state index in [1.165, 1.54) is 22.9 Å². The summed E-state index contributed by atoms with van der Waals surface area (Å²) in [7, 11) is 0. The zero-order chi connectivity index (χ0) is 12.3. The van der Waals surface area contributed by atoms with Crippen molar-refractivity contribution in [1.82, 2.24) is 4.98 Å². The summed E-state index contributed by atoms with van der Waals surface area (Å²) in [5.74, 6) is 0. The number of unbranched alkanes of at least 4 members (excludes halogenated alkanes) is 1. The molecule has 0 saturated carbocycles. The van der Waals surface area contributed by atoms with Crippen LogP contribution in [0.15, 0.2) is 24.3 Å². The zero-order valence-corrected chi connectivity index (χ0v) is 10.7.